The predicted octanol–water partition coefficient (Wildman–Crippen LogP) is 1.86. The van der Waals surface area contributed by atoms with Gasteiger partial charge >= 0.3 is 0 Å². The molecule has 0 radical (unpaired) electrons. The molecule has 0 aromatic carbocycles. The van der Waals surface area contributed by atoms with Crippen LogP contribution < -0.4 is 11.3 Å². The van der Waals surface area contributed by atoms with Gasteiger partial charge in [0.15, 0.2) is 0 Å². The van der Waals surface area contributed by atoms with Crippen LogP contribution >= 0.6 is 0 Å². The number of amides is 1. The van der Waals surface area contributed by atoms with Gasteiger partial charge in [0.2, 0.25) is 5.91 Å². The molecule has 1 amide bonds. The van der Waals surface area contributed by atoms with Gasteiger partial charge in [0.25, 0.3) is 5.56 Å². The fourth-order valence-electron chi connectivity index (χ4n) is 2.11. The van der Waals surface area contributed by atoms with E-state index in [1.54, 1.807) is 6.07 Å². The van der Waals surface area contributed by atoms with E-state index in [1.165, 1.54) is 16.8 Å². The highest BCUT2D eigenvalue weighted by Gasteiger charge is 2.17. The smallest absolute Gasteiger partial charge is 0.251 e. The summed E-state index contributed by atoms with van der Waals surface area (Å²) in [4.78, 5) is 25.9. The van der Waals surface area contributed by atoms with Crippen LogP contribution in [-0.4, -0.2) is 28.0 Å². The number of nitrogens with two attached hydrogens (primary N) is 1. The second-order valence-corrected chi connectivity index (χ2v) is 5.32. The number of hydrogen-bond donors (Lipinski definition) is 1. The molecule has 0 bridgehead atoms. The minimum absolute atomic E-state index is 0.0381. The lowest BCUT2D eigenvalue weighted by molar-refractivity contribution is -0.133. The van der Waals surface area contributed by atoms with Crippen LogP contribution in [0.1, 0.15) is 40.0 Å². The zero-order valence-corrected chi connectivity index (χ0v) is 12.6. The molecule has 0 spiro atoms. The standard InChI is InChI=1S/C15H25N3O2/c1-4-5-6-9-18(12(2)3)15(20)11-17-10-13(16)7-8-14(17)19/h7-8,10,12H,4-6,9,11,16H2,1-3H3. The molecule has 5 heteroatoms. The van der Waals surface area contributed by atoms with Gasteiger partial charge in [-0.05, 0) is 26.3 Å². The molecule has 0 atom stereocenters. The number of rotatable bonds is 7. The summed E-state index contributed by atoms with van der Waals surface area (Å²) in [6, 6.07) is 3.07. The molecular formula is C15H25N3O2. The van der Waals surface area contributed by atoms with E-state index in [4.69, 9.17) is 5.73 Å². The Morgan fingerprint density at radius 2 is 2.05 bits per heavy atom. The lowest BCUT2D eigenvalue weighted by Crippen LogP contribution is -2.41. The third kappa shape index (κ3) is 4.72. The van der Waals surface area contributed by atoms with Gasteiger partial charge in [-0.1, -0.05) is 19.8 Å². The molecule has 5 nitrogen and oxygen atoms in total. The number of nitrogen functional groups attached to an aromatic ring is 1. The SMILES string of the molecule is CCCCCN(C(=O)Cn1cc(N)ccc1=O)C(C)C. The summed E-state index contributed by atoms with van der Waals surface area (Å²) in [5, 5.41) is 0. The summed E-state index contributed by atoms with van der Waals surface area (Å²) in [5.74, 6) is -0.0381. The van der Waals surface area contributed by atoms with Crippen molar-refractivity contribution in [3.63, 3.8) is 0 Å². The number of nitrogens with zero attached hydrogens (tertiary/aromatic N) is 2. The first-order valence-electron chi connectivity index (χ1n) is 7.21. The molecule has 1 heterocycles. The molecule has 0 saturated heterocycles. The average molecular weight is 279 g/mol. The van der Waals surface area contributed by atoms with E-state index in [9.17, 15) is 9.59 Å². The lowest BCUT2D eigenvalue weighted by Gasteiger charge is -2.27. The van der Waals surface area contributed by atoms with Gasteiger partial charge in [0.1, 0.15) is 6.54 Å². The molecule has 0 saturated carbocycles. The third-order valence-corrected chi connectivity index (χ3v) is 3.26. The summed E-state index contributed by atoms with van der Waals surface area (Å²) in [6.45, 7) is 6.90. The van der Waals surface area contributed by atoms with Crippen LogP contribution in [-0.2, 0) is 11.3 Å². The van der Waals surface area contributed by atoms with Crippen molar-refractivity contribution in [1.82, 2.24) is 9.47 Å². The van der Waals surface area contributed by atoms with Crippen LogP contribution in [0.2, 0.25) is 0 Å². The number of unbranched alkanes of at least 4 members (excludes halogenated alkanes) is 2. The lowest BCUT2D eigenvalue weighted by atomic mass is 10.2. The Labute approximate surface area is 120 Å². The Bertz CT molecular complexity index is 494. The quantitative estimate of drug-likeness (QED) is 0.775. The highest BCUT2D eigenvalue weighted by molar-refractivity contribution is 5.76. The summed E-state index contributed by atoms with van der Waals surface area (Å²) in [6.07, 6.45) is 4.74. The van der Waals surface area contributed by atoms with E-state index >= 15 is 0 Å². The second-order valence-electron chi connectivity index (χ2n) is 5.32. The van der Waals surface area contributed by atoms with Gasteiger partial charge in [-0.3, -0.25) is 9.59 Å². The summed E-state index contributed by atoms with van der Waals surface area (Å²) in [7, 11) is 0. The van der Waals surface area contributed by atoms with E-state index in [2.05, 4.69) is 6.92 Å². The normalized spacial score (nSPS) is 10.8. The largest absolute Gasteiger partial charge is 0.398 e. The van der Waals surface area contributed by atoms with Crippen molar-refractivity contribution < 1.29 is 4.79 Å². The van der Waals surface area contributed by atoms with Crippen molar-refractivity contribution in [2.45, 2.75) is 52.6 Å². The summed E-state index contributed by atoms with van der Waals surface area (Å²) >= 11 is 0. The molecule has 1 aromatic rings. The Morgan fingerprint density at radius 3 is 2.65 bits per heavy atom. The zero-order chi connectivity index (χ0) is 15.1. The Kier molecular flexibility index (Phi) is 6.28. The molecule has 0 aliphatic rings. The maximum absolute atomic E-state index is 12.3. The number of pyridine rings is 1. The van der Waals surface area contributed by atoms with Crippen LogP contribution in [0.4, 0.5) is 5.69 Å². The highest BCUT2D eigenvalue weighted by Crippen LogP contribution is 2.05. The van der Waals surface area contributed by atoms with Crippen LogP contribution in [0.5, 0.6) is 0 Å². The van der Waals surface area contributed by atoms with Crippen molar-refractivity contribution in [3.05, 3.63) is 28.7 Å². The molecule has 0 fully saturated rings. The minimum atomic E-state index is -0.204. The van der Waals surface area contributed by atoms with Crippen molar-refractivity contribution in [2.75, 3.05) is 12.3 Å². The molecule has 0 unspecified atom stereocenters. The maximum Gasteiger partial charge on any atom is 0.251 e. The van der Waals surface area contributed by atoms with Crippen molar-refractivity contribution in [3.8, 4) is 0 Å². The molecular weight excluding hydrogens is 254 g/mol. The molecule has 0 aliphatic heterocycles. The van der Waals surface area contributed by atoms with Gasteiger partial charge in [0.05, 0.1) is 0 Å². The van der Waals surface area contributed by atoms with E-state index in [-0.39, 0.29) is 24.1 Å². The van der Waals surface area contributed by atoms with Crippen molar-refractivity contribution in [2.24, 2.45) is 0 Å². The number of carbonyl (C=O) groups is 1. The first-order valence-corrected chi connectivity index (χ1v) is 7.21. The molecule has 20 heavy (non-hydrogen) atoms. The van der Waals surface area contributed by atoms with E-state index in [0.29, 0.717) is 5.69 Å². The third-order valence-electron chi connectivity index (χ3n) is 3.26. The Balaban J connectivity index is 2.75. The molecule has 1 aromatic heterocycles. The van der Waals surface area contributed by atoms with E-state index < -0.39 is 0 Å². The fourth-order valence-corrected chi connectivity index (χ4v) is 2.11. The van der Waals surface area contributed by atoms with E-state index in [0.717, 1.165) is 25.8 Å². The van der Waals surface area contributed by atoms with Gasteiger partial charge in [-0.2, -0.15) is 0 Å². The first kappa shape index (κ1) is 16.3. The number of anilines is 1. The average Bonchev–Trinajstić information content (AvgIpc) is 2.38. The summed E-state index contributed by atoms with van der Waals surface area (Å²) < 4.78 is 1.37. The van der Waals surface area contributed by atoms with Gasteiger partial charge < -0.3 is 15.2 Å². The highest BCUT2D eigenvalue weighted by atomic mass is 16.2. The van der Waals surface area contributed by atoms with Crippen LogP contribution in [0.3, 0.4) is 0 Å². The first-order chi connectivity index (χ1) is 9.45. The van der Waals surface area contributed by atoms with E-state index in [1.807, 2.05) is 18.7 Å². The van der Waals surface area contributed by atoms with Gasteiger partial charge in [-0.25, -0.2) is 0 Å². The zero-order valence-electron chi connectivity index (χ0n) is 12.6. The fraction of sp³-hybridized carbons (Fsp3) is 0.600. The van der Waals surface area contributed by atoms with Crippen LogP contribution in [0, 0.1) is 0 Å². The number of carbonyl (C=O) groups excluding carboxylic acids is 1. The number of hydrogen-bond acceptors (Lipinski definition) is 3. The van der Waals surface area contributed by atoms with Crippen molar-refractivity contribution >= 4 is 11.6 Å². The molecule has 112 valence electrons. The molecule has 0 aliphatic carbocycles. The monoisotopic (exact) mass is 279 g/mol. The molecule has 1 rings (SSSR count). The summed E-state index contributed by atoms with van der Waals surface area (Å²) in [5.41, 5.74) is 5.93. The maximum atomic E-state index is 12.3. The predicted molar refractivity (Wildman–Crippen MR) is 81.5 cm³/mol. The topological polar surface area (TPSA) is 68.3 Å². The minimum Gasteiger partial charge on any atom is -0.398 e. The van der Waals surface area contributed by atoms with Crippen molar-refractivity contribution in [1.29, 1.82) is 0 Å². The molecule has 2 N–H and O–H groups in total. The number of aromatic nitrogens is 1. The van der Waals surface area contributed by atoms with Crippen LogP contribution in [0.15, 0.2) is 23.1 Å². The Hall–Kier alpha value is -1.78. The Morgan fingerprint density at radius 1 is 1.35 bits per heavy atom. The van der Waals surface area contributed by atoms with Gasteiger partial charge in [0, 0.05) is 30.5 Å². The van der Waals surface area contributed by atoms with Gasteiger partial charge in [-0.15, -0.1) is 0 Å². The van der Waals surface area contributed by atoms with Crippen LogP contribution in [0.25, 0.3) is 0 Å². The second kappa shape index (κ2) is 7.72.